The third-order valence-corrected chi connectivity index (χ3v) is 5.35. The molecule has 1 aromatic rings. The van der Waals surface area contributed by atoms with Crippen molar-refractivity contribution in [1.82, 2.24) is 15.5 Å². The van der Waals surface area contributed by atoms with Gasteiger partial charge in [0, 0.05) is 32.1 Å². The maximum absolute atomic E-state index is 5.45. The number of ether oxygens (including phenoxy) is 1. The van der Waals surface area contributed by atoms with E-state index in [-0.39, 0.29) is 29.6 Å². The monoisotopic (exact) mass is 466 g/mol. The fourth-order valence-corrected chi connectivity index (χ4v) is 3.59. The quantitative estimate of drug-likeness (QED) is 0.369. The van der Waals surface area contributed by atoms with Crippen LogP contribution in [0.15, 0.2) is 22.5 Å². The van der Waals surface area contributed by atoms with Crippen LogP contribution in [0.4, 0.5) is 0 Å². The average molecular weight is 466 g/mol. The van der Waals surface area contributed by atoms with Crippen LogP contribution in [0.1, 0.15) is 37.6 Å². The van der Waals surface area contributed by atoms with E-state index in [4.69, 9.17) is 4.74 Å². The molecule has 0 bridgehead atoms. The van der Waals surface area contributed by atoms with Gasteiger partial charge in [-0.05, 0) is 51.2 Å². The van der Waals surface area contributed by atoms with E-state index >= 15 is 0 Å². The molecule has 5 nitrogen and oxygen atoms in total. The van der Waals surface area contributed by atoms with Gasteiger partial charge in [0.2, 0.25) is 0 Å². The molecule has 1 fully saturated rings. The summed E-state index contributed by atoms with van der Waals surface area (Å²) in [5.41, 5.74) is -0.209. The summed E-state index contributed by atoms with van der Waals surface area (Å²) < 4.78 is 5.45. The molecule has 2 heterocycles. The highest BCUT2D eigenvalue weighted by atomic mass is 127. The first kappa shape index (κ1) is 21.7. The standard InChI is InChI=1S/C17H30N4OS.HI/c1-17(2,22-4)13-20-16(18-3)19-12-14(15-8-7-11-23-15)21-9-5-6-10-21;/h7-8,11,14H,5-6,9-10,12-13H2,1-4H3,(H2,18,19,20);1H. The Hall–Kier alpha value is -0.380. The van der Waals surface area contributed by atoms with Crippen LogP contribution in [0.5, 0.6) is 0 Å². The van der Waals surface area contributed by atoms with Crippen LogP contribution in [0.2, 0.25) is 0 Å². The highest BCUT2D eigenvalue weighted by molar-refractivity contribution is 14.0. The van der Waals surface area contributed by atoms with Gasteiger partial charge in [-0.25, -0.2) is 0 Å². The summed E-state index contributed by atoms with van der Waals surface area (Å²) in [6, 6.07) is 4.79. The summed E-state index contributed by atoms with van der Waals surface area (Å²) in [5.74, 6) is 0.830. The van der Waals surface area contributed by atoms with Crippen LogP contribution in [0.25, 0.3) is 0 Å². The smallest absolute Gasteiger partial charge is 0.191 e. The SMILES string of the molecule is CN=C(NCC(c1cccs1)N1CCCC1)NCC(C)(C)OC.I. The van der Waals surface area contributed by atoms with Gasteiger partial charge >= 0.3 is 0 Å². The number of nitrogens with zero attached hydrogens (tertiary/aromatic N) is 2. The largest absolute Gasteiger partial charge is 0.377 e. The summed E-state index contributed by atoms with van der Waals surface area (Å²) in [4.78, 5) is 8.33. The second kappa shape index (κ2) is 10.6. The molecule has 0 radical (unpaired) electrons. The number of guanidine groups is 1. The maximum Gasteiger partial charge on any atom is 0.191 e. The molecule has 0 spiro atoms. The molecule has 7 heteroatoms. The van der Waals surface area contributed by atoms with Crippen molar-refractivity contribution in [2.75, 3.05) is 40.3 Å². The van der Waals surface area contributed by atoms with E-state index in [1.165, 1.54) is 30.8 Å². The van der Waals surface area contributed by atoms with Gasteiger partial charge in [-0.3, -0.25) is 9.89 Å². The van der Waals surface area contributed by atoms with Crippen molar-refractivity contribution < 1.29 is 4.74 Å². The van der Waals surface area contributed by atoms with Gasteiger partial charge < -0.3 is 15.4 Å². The van der Waals surface area contributed by atoms with Gasteiger partial charge in [-0.15, -0.1) is 35.3 Å². The summed E-state index contributed by atoms with van der Waals surface area (Å²) >= 11 is 1.84. The number of aliphatic imine (C=N–C) groups is 1. The van der Waals surface area contributed by atoms with Crippen LogP contribution >= 0.6 is 35.3 Å². The van der Waals surface area contributed by atoms with Gasteiger partial charge in [-0.2, -0.15) is 0 Å². The number of halogens is 1. The molecule has 1 saturated heterocycles. The van der Waals surface area contributed by atoms with E-state index in [0.29, 0.717) is 6.04 Å². The zero-order chi connectivity index (χ0) is 16.7. The molecule has 1 aromatic heterocycles. The lowest BCUT2D eigenvalue weighted by molar-refractivity contribution is 0.0268. The summed E-state index contributed by atoms with van der Waals surface area (Å²) in [5, 5.41) is 8.99. The molecular weight excluding hydrogens is 435 g/mol. The maximum atomic E-state index is 5.45. The number of likely N-dealkylation sites (tertiary alicyclic amines) is 1. The first-order valence-corrected chi connectivity index (χ1v) is 9.21. The van der Waals surface area contributed by atoms with E-state index in [2.05, 4.69) is 51.9 Å². The highest BCUT2D eigenvalue weighted by Gasteiger charge is 2.24. The van der Waals surface area contributed by atoms with Crippen molar-refractivity contribution in [1.29, 1.82) is 0 Å². The van der Waals surface area contributed by atoms with Crippen molar-refractivity contribution in [3.63, 3.8) is 0 Å². The second-order valence-corrected chi connectivity index (χ2v) is 7.52. The summed E-state index contributed by atoms with van der Waals surface area (Å²) in [6.45, 7) is 8.09. The third kappa shape index (κ3) is 6.50. The van der Waals surface area contributed by atoms with E-state index < -0.39 is 0 Å². The van der Waals surface area contributed by atoms with Gasteiger partial charge in [0.25, 0.3) is 0 Å². The molecule has 0 aromatic carbocycles. The number of methoxy groups -OCH3 is 1. The molecule has 1 aliphatic rings. The minimum absolute atomic E-state index is 0. The van der Waals surface area contributed by atoms with Gasteiger partial charge in [0.15, 0.2) is 5.96 Å². The fraction of sp³-hybridized carbons (Fsp3) is 0.706. The molecular formula is C17H31IN4OS. The molecule has 138 valence electrons. The lowest BCUT2D eigenvalue weighted by Gasteiger charge is -2.28. The number of hydrogen-bond acceptors (Lipinski definition) is 4. The normalized spacial score (nSPS) is 17.4. The molecule has 1 unspecified atom stereocenters. The zero-order valence-electron chi connectivity index (χ0n) is 15.2. The van der Waals surface area contributed by atoms with Crippen molar-refractivity contribution >= 4 is 41.3 Å². The average Bonchev–Trinajstić information content (AvgIpc) is 3.24. The predicted octanol–water partition coefficient (Wildman–Crippen LogP) is 3.09. The van der Waals surface area contributed by atoms with Crippen LogP contribution in [0, 0.1) is 0 Å². The first-order valence-electron chi connectivity index (χ1n) is 8.33. The van der Waals surface area contributed by atoms with Gasteiger partial charge in [0.1, 0.15) is 0 Å². The number of nitrogens with one attached hydrogen (secondary N) is 2. The van der Waals surface area contributed by atoms with Crippen molar-refractivity contribution in [3.05, 3.63) is 22.4 Å². The van der Waals surface area contributed by atoms with Gasteiger partial charge in [-0.1, -0.05) is 6.07 Å². The zero-order valence-corrected chi connectivity index (χ0v) is 18.3. The fourth-order valence-electron chi connectivity index (χ4n) is 2.73. The van der Waals surface area contributed by atoms with Crippen LogP contribution < -0.4 is 10.6 Å². The molecule has 2 N–H and O–H groups in total. The molecule has 1 aliphatic heterocycles. The summed E-state index contributed by atoms with van der Waals surface area (Å²) in [6.07, 6.45) is 2.60. The Morgan fingerprint density at radius 1 is 1.38 bits per heavy atom. The van der Waals surface area contributed by atoms with Crippen LogP contribution in [-0.4, -0.2) is 56.8 Å². The number of thiophene rings is 1. The lowest BCUT2D eigenvalue weighted by Crippen LogP contribution is -2.47. The Morgan fingerprint density at radius 3 is 2.62 bits per heavy atom. The molecule has 2 rings (SSSR count). The first-order chi connectivity index (χ1) is 11.1. The van der Waals surface area contributed by atoms with E-state index in [1.807, 2.05) is 18.4 Å². The molecule has 0 amide bonds. The van der Waals surface area contributed by atoms with Crippen molar-refractivity contribution in [2.45, 2.75) is 38.3 Å². The summed E-state index contributed by atoms with van der Waals surface area (Å²) in [7, 11) is 3.54. The number of rotatable bonds is 7. The van der Waals surface area contributed by atoms with Crippen molar-refractivity contribution in [3.8, 4) is 0 Å². The second-order valence-electron chi connectivity index (χ2n) is 6.54. The Kier molecular flexibility index (Phi) is 9.54. The Labute approximate surface area is 167 Å². The van der Waals surface area contributed by atoms with E-state index in [0.717, 1.165) is 19.0 Å². The Morgan fingerprint density at radius 2 is 2.08 bits per heavy atom. The third-order valence-electron chi connectivity index (χ3n) is 4.37. The van der Waals surface area contributed by atoms with E-state index in [1.54, 1.807) is 7.11 Å². The lowest BCUT2D eigenvalue weighted by atomic mass is 10.1. The minimum atomic E-state index is -0.209. The Balaban J connectivity index is 0.00000288. The van der Waals surface area contributed by atoms with Gasteiger partial charge in [0.05, 0.1) is 11.6 Å². The minimum Gasteiger partial charge on any atom is -0.377 e. The van der Waals surface area contributed by atoms with Crippen molar-refractivity contribution in [2.24, 2.45) is 4.99 Å². The molecule has 0 aliphatic carbocycles. The highest BCUT2D eigenvalue weighted by Crippen LogP contribution is 2.27. The van der Waals surface area contributed by atoms with Crippen LogP contribution in [0.3, 0.4) is 0 Å². The Bertz CT molecular complexity index is 487. The number of hydrogen-bond donors (Lipinski definition) is 2. The topological polar surface area (TPSA) is 48.9 Å². The molecule has 24 heavy (non-hydrogen) atoms. The predicted molar refractivity (Wildman–Crippen MR) is 114 cm³/mol. The van der Waals surface area contributed by atoms with E-state index in [9.17, 15) is 0 Å². The molecule has 0 saturated carbocycles. The molecule has 1 atom stereocenters. The van der Waals surface area contributed by atoms with Crippen LogP contribution in [-0.2, 0) is 4.74 Å².